The van der Waals surface area contributed by atoms with Crippen LogP contribution in [0.15, 0.2) is 23.2 Å². The molecule has 1 saturated heterocycles. The minimum Gasteiger partial charge on any atom is -0.490 e. The van der Waals surface area contributed by atoms with Gasteiger partial charge in [0.15, 0.2) is 17.5 Å². The van der Waals surface area contributed by atoms with Gasteiger partial charge in [0.1, 0.15) is 0 Å². The highest BCUT2D eigenvalue weighted by atomic mass is 127. The summed E-state index contributed by atoms with van der Waals surface area (Å²) in [5.41, 5.74) is 1.15. The number of hydrogen-bond acceptors (Lipinski definition) is 5. The summed E-state index contributed by atoms with van der Waals surface area (Å²) < 4.78 is 11.8. The Bertz CT molecular complexity index is 688. The van der Waals surface area contributed by atoms with E-state index in [9.17, 15) is 0 Å². The normalized spacial score (nSPS) is 18.6. The standard InChI is InChI=1S/C24H43N5O2.HI/c1-7-14-30-22-11-10-20(16-23(22)31-15-8-2)19(4)27-24(25-9-3)26-17-21-18-28(5)12-13-29(21)6;/h10-11,16,19,21H,7-9,12-15,17-18H2,1-6H3,(H2,25,26,27);1H. The van der Waals surface area contributed by atoms with Gasteiger partial charge in [0.25, 0.3) is 0 Å². The van der Waals surface area contributed by atoms with Crippen molar-refractivity contribution in [2.24, 2.45) is 4.99 Å². The van der Waals surface area contributed by atoms with Crippen molar-refractivity contribution in [2.45, 2.75) is 52.6 Å². The lowest BCUT2D eigenvalue weighted by Crippen LogP contribution is -2.51. The molecule has 0 aliphatic carbocycles. The maximum absolute atomic E-state index is 5.97. The molecule has 0 spiro atoms. The maximum Gasteiger partial charge on any atom is 0.191 e. The molecule has 0 aromatic heterocycles. The topological polar surface area (TPSA) is 61.4 Å². The van der Waals surface area contributed by atoms with Gasteiger partial charge in [0, 0.05) is 32.2 Å². The molecule has 1 aromatic rings. The van der Waals surface area contributed by atoms with Crippen LogP contribution in [0.5, 0.6) is 11.5 Å². The van der Waals surface area contributed by atoms with E-state index in [1.165, 1.54) is 0 Å². The van der Waals surface area contributed by atoms with E-state index in [0.717, 1.165) is 68.6 Å². The lowest BCUT2D eigenvalue weighted by atomic mass is 10.1. The van der Waals surface area contributed by atoms with Crippen LogP contribution >= 0.6 is 24.0 Å². The van der Waals surface area contributed by atoms with Gasteiger partial charge in [-0.2, -0.15) is 0 Å². The first-order chi connectivity index (χ1) is 15.0. The zero-order valence-corrected chi connectivity index (χ0v) is 23.1. The molecule has 0 amide bonds. The first-order valence-electron chi connectivity index (χ1n) is 11.8. The molecule has 0 bridgehead atoms. The Kier molecular flexibility index (Phi) is 14.0. The molecule has 1 heterocycles. The number of aliphatic imine (C=N–C) groups is 1. The average Bonchev–Trinajstić information content (AvgIpc) is 2.77. The van der Waals surface area contributed by atoms with Gasteiger partial charge in [0.05, 0.1) is 25.8 Å². The van der Waals surface area contributed by atoms with Crippen molar-refractivity contribution in [3.05, 3.63) is 23.8 Å². The number of ether oxygens (including phenoxy) is 2. The van der Waals surface area contributed by atoms with Crippen LogP contribution in [0.4, 0.5) is 0 Å². The second-order valence-electron chi connectivity index (χ2n) is 8.39. The molecule has 2 unspecified atom stereocenters. The van der Waals surface area contributed by atoms with E-state index in [1.807, 2.05) is 6.07 Å². The molecule has 2 rings (SSSR count). The van der Waals surface area contributed by atoms with Crippen molar-refractivity contribution in [1.82, 2.24) is 20.4 Å². The highest BCUT2D eigenvalue weighted by molar-refractivity contribution is 14.0. The summed E-state index contributed by atoms with van der Waals surface area (Å²) in [6.45, 7) is 14.7. The molecule has 32 heavy (non-hydrogen) atoms. The van der Waals surface area contributed by atoms with E-state index in [-0.39, 0.29) is 30.0 Å². The third-order valence-corrected chi connectivity index (χ3v) is 5.53. The van der Waals surface area contributed by atoms with E-state index in [1.54, 1.807) is 0 Å². The molecule has 7 nitrogen and oxygen atoms in total. The number of likely N-dealkylation sites (N-methyl/N-ethyl adjacent to an activating group) is 2. The van der Waals surface area contributed by atoms with Crippen LogP contribution < -0.4 is 20.1 Å². The number of halogens is 1. The molecule has 1 aliphatic rings. The van der Waals surface area contributed by atoms with Crippen LogP contribution in [0.3, 0.4) is 0 Å². The fraction of sp³-hybridized carbons (Fsp3) is 0.708. The Morgan fingerprint density at radius 2 is 1.78 bits per heavy atom. The lowest BCUT2D eigenvalue weighted by Gasteiger charge is -2.37. The monoisotopic (exact) mass is 561 g/mol. The second kappa shape index (κ2) is 15.6. The Morgan fingerprint density at radius 3 is 2.44 bits per heavy atom. The number of guanidine groups is 1. The smallest absolute Gasteiger partial charge is 0.191 e. The van der Waals surface area contributed by atoms with Crippen molar-refractivity contribution in [2.75, 3.05) is 60.0 Å². The third-order valence-electron chi connectivity index (χ3n) is 5.53. The van der Waals surface area contributed by atoms with E-state index < -0.39 is 0 Å². The van der Waals surface area contributed by atoms with Crippen LogP contribution in [0.25, 0.3) is 0 Å². The van der Waals surface area contributed by atoms with Crippen LogP contribution in [-0.4, -0.2) is 81.8 Å². The van der Waals surface area contributed by atoms with Gasteiger partial charge in [0.2, 0.25) is 0 Å². The summed E-state index contributed by atoms with van der Waals surface area (Å²) in [5, 5.41) is 6.94. The molecule has 8 heteroatoms. The first kappa shape index (κ1) is 28.8. The third kappa shape index (κ3) is 9.31. The zero-order valence-electron chi connectivity index (χ0n) is 20.8. The minimum atomic E-state index is 0. The fourth-order valence-electron chi connectivity index (χ4n) is 3.55. The summed E-state index contributed by atoms with van der Waals surface area (Å²) in [5.74, 6) is 2.48. The fourth-order valence-corrected chi connectivity index (χ4v) is 3.55. The van der Waals surface area contributed by atoms with Crippen molar-refractivity contribution in [3.8, 4) is 11.5 Å². The summed E-state index contributed by atoms with van der Waals surface area (Å²) in [4.78, 5) is 9.67. The summed E-state index contributed by atoms with van der Waals surface area (Å²) in [7, 11) is 4.37. The molecule has 0 saturated carbocycles. The largest absolute Gasteiger partial charge is 0.490 e. The van der Waals surface area contributed by atoms with Gasteiger partial charge < -0.3 is 25.0 Å². The minimum absolute atomic E-state index is 0. The van der Waals surface area contributed by atoms with Crippen molar-refractivity contribution < 1.29 is 9.47 Å². The Hall–Kier alpha value is -1.26. The van der Waals surface area contributed by atoms with Crippen LogP contribution in [0.1, 0.15) is 52.1 Å². The summed E-state index contributed by atoms with van der Waals surface area (Å²) in [6.07, 6.45) is 1.94. The summed E-state index contributed by atoms with van der Waals surface area (Å²) >= 11 is 0. The molecular weight excluding hydrogens is 517 g/mol. The lowest BCUT2D eigenvalue weighted by molar-refractivity contribution is 0.119. The predicted molar refractivity (Wildman–Crippen MR) is 145 cm³/mol. The van der Waals surface area contributed by atoms with E-state index >= 15 is 0 Å². The number of hydrogen-bond donors (Lipinski definition) is 2. The van der Waals surface area contributed by atoms with Crippen molar-refractivity contribution in [3.63, 3.8) is 0 Å². The number of nitrogens with zero attached hydrogens (tertiary/aromatic N) is 3. The molecule has 2 N–H and O–H groups in total. The van der Waals surface area contributed by atoms with Crippen molar-refractivity contribution >= 4 is 29.9 Å². The Labute approximate surface area is 212 Å². The van der Waals surface area contributed by atoms with Gasteiger partial charge in [-0.05, 0) is 58.5 Å². The molecular formula is C24H44IN5O2. The van der Waals surface area contributed by atoms with Crippen molar-refractivity contribution in [1.29, 1.82) is 0 Å². The van der Waals surface area contributed by atoms with Gasteiger partial charge in [-0.3, -0.25) is 9.89 Å². The van der Waals surface area contributed by atoms with E-state index in [0.29, 0.717) is 19.3 Å². The molecule has 1 fully saturated rings. The maximum atomic E-state index is 5.97. The molecule has 184 valence electrons. The predicted octanol–water partition coefficient (Wildman–Crippen LogP) is 3.74. The van der Waals surface area contributed by atoms with Crippen LogP contribution in [0.2, 0.25) is 0 Å². The molecule has 1 aliphatic heterocycles. The molecule has 1 aromatic carbocycles. The quantitative estimate of drug-likeness (QED) is 0.244. The van der Waals surface area contributed by atoms with Gasteiger partial charge in [-0.25, -0.2) is 0 Å². The number of nitrogens with one attached hydrogen (secondary N) is 2. The van der Waals surface area contributed by atoms with Gasteiger partial charge >= 0.3 is 0 Å². The second-order valence-corrected chi connectivity index (χ2v) is 8.39. The Balaban J connectivity index is 0.00000512. The number of rotatable bonds is 11. The number of benzene rings is 1. The van der Waals surface area contributed by atoms with Crippen LogP contribution in [-0.2, 0) is 0 Å². The average molecular weight is 562 g/mol. The van der Waals surface area contributed by atoms with Crippen LogP contribution in [0, 0.1) is 0 Å². The van der Waals surface area contributed by atoms with E-state index in [2.05, 4.69) is 74.4 Å². The molecule has 2 atom stereocenters. The van der Waals surface area contributed by atoms with Gasteiger partial charge in [-0.1, -0.05) is 19.9 Å². The number of piperazine rings is 1. The molecule has 0 radical (unpaired) electrons. The Morgan fingerprint density at radius 1 is 1.09 bits per heavy atom. The first-order valence-corrected chi connectivity index (χ1v) is 11.8. The van der Waals surface area contributed by atoms with E-state index in [4.69, 9.17) is 14.5 Å². The summed E-state index contributed by atoms with van der Waals surface area (Å²) in [6, 6.07) is 6.74. The zero-order chi connectivity index (χ0) is 22.6. The van der Waals surface area contributed by atoms with Gasteiger partial charge in [-0.15, -0.1) is 24.0 Å². The highest BCUT2D eigenvalue weighted by Gasteiger charge is 2.22. The SMILES string of the molecule is CCCOc1ccc(C(C)NC(=NCC2CN(C)CCN2C)NCC)cc1OCCC.I. The highest BCUT2D eigenvalue weighted by Crippen LogP contribution is 2.31.